The van der Waals surface area contributed by atoms with Gasteiger partial charge in [-0.3, -0.25) is 4.79 Å². The van der Waals surface area contributed by atoms with E-state index in [9.17, 15) is 14.4 Å². The molecule has 0 saturated carbocycles. The van der Waals surface area contributed by atoms with Crippen LogP contribution in [-0.4, -0.2) is 47.3 Å². The predicted octanol–water partition coefficient (Wildman–Crippen LogP) is -1.89. The number of amides is 1. The number of nitrogens with one attached hydrogen (secondary N) is 1. The molecule has 0 radical (unpaired) electrons. The van der Waals surface area contributed by atoms with Gasteiger partial charge in [-0.2, -0.15) is 0 Å². The summed E-state index contributed by atoms with van der Waals surface area (Å²) in [5.41, 5.74) is 0. The topological polar surface area (TPSA) is 113 Å². The largest absolute Gasteiger partial charge is 0.480 e. The Kier molecular flexibility index (Phi) is 5.23. The van der Waals surface area contributed by atoms with Crippen LogP contribution in [0.4, 0.5) is 0 Å². The standard InChI is InChI=1S/C7H11NO6/c1-2-14-7(13)5(10)8-4(3-9)6(11)12/h4,9H,2-3H2,1H3,(H,8,10)(H,11,12). The molecular weight excluding hydrogens is 194 g/mol. The summed E-state index contributed by atoms with van der Waals surface area (Å²) < 4.78 is 4.30. The number of rotatable bonds is 4. The van der Waals surface area contributed by atoms with Gasteiger partial charge in [0, 0.05) is 0 Å². The van der Waals surface area contributed by atoms with Gasteiger partial charge in [0.25, 0.3) is 0 Å². The van der Waals surface area contributed by atoms with Crippen molar-refractivity contribution in [2.75, 3.05) is 13.2 Å². The second-order valence-electron chi connectivity index (χ2n) is 2.27. The molecule has 0 aliphatic carbocycles. The molecule has 0 spiro atoms. The number of esters is 1. The minimum atomic E-state index is -1.49. The van der Waals surface area contributed by atoms with Crippen molar-refractivity contribution in [1.82, 2.24) is 5.32 Å². The molecule has 0 bridgehead atoms. The molecule has 0 aromatic carbocycles. The number of carbonyl (C=O) groups is 3. The first kappa shape index (κ1) is 12.4. The van der Waals surface area contributed by atoms with Crippen molar-refractivity contribution in [1.29, 1.82) is 0 Å². The number of aliphatic hydroxyl groups excluding tert-OH is 1. The summed E-state index contributed by atoms with van der Waals surface area (Å²) in [7, 11) is 0. The quantitative estimate of drug-likeness (QED) is 0.365. The number of aliphatic carboxylic acids is 1. The predicted molar refractivity (Wildman–Crippen MR) is 43.3 cm³/mol. The lowest BCUT2D eigenvalue weighted by molar-refractivity contribution is -0.156. The zero-order valence-corrected chi connectivity index (χ0v) is 7.52. The lowest BCUT2D eigenvalue weighted by atomic mass is 10.3. The van der Waals surface area contributed by atoms with Crippen LogP contribution >= 0.6 is 0 Å². The molecule has 0 aliphatic rings. The maximum Gasteiger partial charge on any atom is 0.396 e. The van der Waals surface area contributed by atoms with E-state index in [1.165, 1.54) is 6.92 Å². The van der Waals surface area contributed by atoms with Gasteiger partial charge in [0.2, 0.25) is 0 Å². The van der Waals surface area contributed by atoms with Crippen molar-refractivity contribution in [2.45, 2.75) is 13.0 Å². The summed E-state index contributed by atoms with van der Waals surface area (Å²) in [6.45, 7) is 0.732. The van der Waals surface area contributed by atoms with E-state index in [2.05, 4.69) is 4.74 Å². The van der Waals surface area contributed by atoms with Gasteiger partial charge in [0.05, 0.1) is 13.2 Å². The van der Waals surface area contributed by atoms with Crippen molar-refractivity contribution in [3.05, 3.63) is 0 Å². The van der Waals surface area contributed by atoms with E-state index in [0.717, 1.165) is 0 Å². The van der Waals surface area contributed by atoms with Crippen molar-refractivity contribution in [3.63, 3.8) is 0 Å². The van der Waals surface area contributed by atoms with Crippen LogP contribution in [0.3, 0.4) is 0 Å². The molecule has 0 aromatic rings. The van der Waals surface area contributed by atoms with E-state index in [0.29, 0.717) is 0 Å². The highest BCUT2D eigenvalue weighted by Gasteiger charge is 2.23. The molecule has 3 N–H and O–H groups in total. The van der Waals surface area contributed by atoms with Crippen LogP contribution in [0.5, 0.6) is 0 Å². The number of ether oxygens (including phenoxy) is 1. The van der Waals surface area contributed by atoms with Crippen molar-refractivity contribution >= 4 is 17.8 Å². The monoisotopic (exact) mass is 205 g/mol. The van der Waals surface area contributed by atoms with Crippen LogP contribution in [0.15, 0.2) is 0 Å². The SMILES string of the molecule is CCOC(=O)C(=O)NC(CO)C(=O)O. The number of carbonyl (C=O) groups excluding carboxylic acids is 2. The Balaban J connectivity index is 4.15. The third kappa shape index (κ3) is 3.85. The molecule has 0 aromatic heterocycles. The molecule has 0 heterocycles. The number of carboxylic acids is 1. The summed E-state index contributed by atoms with van der Waals surface area (Å²) in [5, 5.41) is 18.7. The van der Waals surface area contributed by atoms with E-state index in [1.807, 2.05) is 0 Å². The lowest BCUT2D eigenvalue weighted by Gasteiger charge is -2.10. The molecule has 0 aliphatic heterocycles. The number of hydrogen-bond acceptors (Lipinski definition) is 5. The first-order chi connectivity index (χ1) is 6.52. The third-order valence-corrected chi connectivity index (χ3v) is 1.25. The van der Waals surface area contributed by atoms with Crippen molar-refractivity contribution < 1.29 is 29.3 Å². The Morgan fingerprint density at radius 3 is 2.36 bits per heavy atom. The molecular formula is C7H11NO6. The van der Waals surface area contributed by atoms with Gasteiger partial charge in [-0.15, -0.1) is 0 Å². The van der Waals surface area contributed by atoms with Gasteiger partial charge < -0.3 is 20.3 Å². The van der Waals surface area contributed by atoms with Gasteiger partial charge in [0.15, 0.2) is 6.04 Å². The molecule has 0 fully saturated rings. The Labute approximate surface area is 79.7 Å². The zero-order valence-electron chi connectivity index (χ0n) is 7.52. The van der Waals surface area contributed by atoms with Crippen LogP contribution in [0.25, 0.3) is 0 Å². The summed E-state index contributed by atoms with van der Waals surface area (Å²) in [4.78, 5) is 31.9. The number of hydrogen-bond donors (Lipinski definition) is 3. The summed E-state index contributed by atoms with van der Waals surface area (Å²) in [6, 6.07) is -1.49. The molecule has 7 heteroatoms. The van der Waals surface area contributed by atoms with Crippen LogP contribution in [0.1, 0.15) is 6.92 Å². The Bertz CT molecular complexity index is 238. The van der Waals surface area contributed by atoms with Crippen LogP contribution < -0.4 is 5.32 Å². The van der Waals surface area contributed by atoms with E-state index in [-0.39, 0.29) is 6.61 Å². The summed E-state index contributed by atoms with van der Waals surface area (Å²) in [6.07, 6.45) is 0. The Hall–Kier alpha value is -1.63. The Morgan fingerprint density at radius 1 is 1.43 bits per heavy atom. The molecule has 0 saturated heterocycles. The molecule has 80 valence electrons. The van der Waals surface area contributed by atoms with Gasteiger partial charge in [-0.25, -0.2) is 9.59 Å². The highest BCUT2D eigenvalue weighted by Crippen LogP contribution is 1.85. The molecule has 14 heavy (non-hydrogen) atoms. The zero-order chi connectivity index (χ0) is 11.1. The first-order valence-corrected chi connectivity index (χ1v) is 3.84. The highest BCUT2D eigenvalue weighted by molar-refractivity contribution is 6.32. The van der Waals surface area contributed by atoms with Gasteiger partial charge in [-0.05, 0) is 6.92 Å². The molecule has 1 unspecified atom stereocenters. The average molecular weight is 205 g/mol. The van der Waals surface area contributed by atoms with Crippen LogP contribution in [-0.2, 0) is 19.1 Å². The fraction of sp³-hybridized carbons (Fsp3) is 0.571. The minimum absolute atomic E-state index is 0.0170. The highest BCUT2D eigenvalue weighted by atomic mass is 16.5. The number of carboxylic acid groups (broad SMARTS) is 1. The fourth-order valence-corrected chi connectivity index (χ4v) is 0.599. The smallest absolute Gasteiger partial charge is 0.396 e. The van der Waals surface area contributed by atoms with Gasteiger partial charge in [0.1, 0.15) is 0 Å². The fourth-order valence-electron chi connectivity index (χ4n) is 0.599. The van der Waals surface area contributed by atoms with Gasteiger partial charge >= 0.3 is 17.8 Å². The van der Waals surface area contributed by atoms with Gasteiger partial charge in [-0.1, -0.05) is 0 Å². The summed E-state index contributed by atoms with van der Waals surface area (Å²) >= 11 is 0. The maximum absolute atomic E-state index is 10.8. The second-order valence-corrected chi connectivity index (χ2v) is 2.27. The molecule has 0 rings (SSSR count). The maximum atomic E-state index is 10.8. The Morgan fingerprint density at radius 2 is 2.00 bits per heavy atom. The second kappa shape index (κ2) is 5.92. The van der Waals surface area contributed by atoms with Crippen molar-refractivity contribution in [3.8, 4) is 0 Å². The normalized spacial score (nSPS) is 11.6. The lowest BCUT2D eigenvalue weighted by Crippen LogP contribution is -2.46. The van der Waals surface area contributed by atoms with E-state index >= 15 is 0 Å². The summed E-state index contributed by atoms with van der Waals surface area (Å²) in [5.74, 6) is -3.79. The van der Waals surface area contributed by atoms with E-state index in [4.69, 9.17) is 10.2 Å². The van der Waals surface area contributed by atoms with Crippen molar-refractivity contribution in [2.24, 2.45) is 0 Å². The van der Waals surface area contributed by atoms with Crippen LogP contribution in [0.2, 0.25) is 0 Å². The average Bonchev–Trinajstić information content (AvgIpc) is 2.13. The molecule has 1 amide bonds. The minimum Gasteiger partial charge on any atom is -0.480 e. The van der Waals surface area contributed by atoms with E-state index in [1.54, 1.807) is 5.32 Å². The first-order valence-electron chi connectivity index (χ1n) is 3.84. The number of aliphatic hydroxyl groups is 1. The molecule has 1 atom stereocenters. The van der Waals surface area contributed by atoms with Crippen LogP contribution in [0, 0.1) is 0 Å². The van der Waals surface area contributed by atoms with E-state index < -0.39 is 30.5 Å². The third-order valence-electron chi connectivity index (χ3n) is 1.25. The molecule has 7 nitrogen and oxygen atoms in total.